The normalized spacial score (nSPS) is 11.6. The molecular formula is C50H29N5. The highest BCUT2D eigenvalue weighted by molar-refractivity contribution is 6.17. The number of hydrogen-bond acceptors (Lipinski definition) is 2. The molecule has 0 radical (unpaired) electrons. The van der Waals surface area contributed by atoms with Gasteiger partial charge < -0.3 is 13.7 Å². The van der Waals surface area contributed by atoms with Crippen LogP contribution in [0.25, 0.3) is 93.6 Å². The van der Waals surface area contributed by atoms with Gasteiger partial charge in [0.25, 0.3) is 0 Å². The molecule has 0 spiro atoms. The van der Waals surface area contributed by atoms with Crippen LogP contribution in [0.2, 0.25) is 0 Å². The van der Waals surface area contributed by atoms with Crippen molar-refractivity contribution in [3.63, 3.8) is 0 Å². The first-order valence-electron chi connectivity index (χ1n) is 18.3. The van der Waals surface area contributed by atoms with Crippen molar-refractivity contribution < 1.29 is 0 Å². The molecule has 0 N–H and O–H groups in total. The van der Waals surface area contributed by atoms with Gasteiger partial charge >= 0.3 is 0 Å². The molecule has 3 aromatic heterocycles. The largest absolute Gasteiger partial charge is 0.309 e. The Morgan fingerprint density at radius 1 is 0.327 bits per heavy atom. The summed E-state index contributed by atoms with van der Waals surface area (Å²) in [5.74, 6) is 0. The number of rotatable bonds is 4. The molecule has 5 heteroatoms. The molecule has 0 amide bonds. The first-order valence-corrected chi connectivity index (χ1v) is 18.3. The van der Waals surface area contributed by atoms with Gasteiger partial charge in [0.15, 0.2) is 0 Å². The molecule has 254 valence electrons. The second-order valence-corrected chi connectivity index (χ2v) is 14.0. The third-order valence-electron chi connectivity index (χ3n) is 11.1. The van der Waals surface area contributed by atoms with Crippen LogP contribution in [0.4, 0.5) is 0 Å². The zero-order valence-corrected chi connectivity index (χ0v) is 29.5. The standard InChI is InChI=1S/C50H29N5/c51-30-32-20-25-47-42(28-32)50-48(18-9-19-49(50)55-45-16-7-3-12-40(45)41-13-4-8-17-46(41)55)53(47)36-23-21-34(22-24-36)35-26-33(31-52)27-37(29-35)54-43-14-5-1-10-38(43)39-11-2-6-15-44(39)54/h1-29H. The van der Waals surface area contributed by atoms with Crippen LogP contribution in [0.1, 0.15) is 11.1 Å². The minimum atomic E-state index is 0.603. The van der Waals surface area contributed by atoms with E-state index in [0.29, 0.717) is 11.1 Å². The fourth-order valence-electron chi connectivity index (χ4n) is 8.74. The molecule has 5 nitrogen and oxygen atoms in total. The summed E-state index contributed by atoms with van der Waals surface area (Å²) in [7, 11) is 0. The van der Waals surface area contributed by atoms with Crippen molar-refractivity contribution >= 4 is 65.4 Å². The van der Waals surface area contributed by atoms with E-state index in [9.17, 15) is 10.5 Å². The number of para-hydroxylation sites is 4. The van der Waals surface area contributed by atoms with Crippen LogP contribution < -0.4 is 0 Å². The quantitative estimate of drug-likeness (QED) is 0.184. The Morgan fingerprint density at radius 2 is 0.836 bits per heavy atom. The Bertz CT molecular complexity index is 3350. The summed E-state index contributed by atoms with van der Waals surface area (Å²) in [5, 5.41) is 27.1. The molecule has 11 aromatic rings. The number of nitrogens with zero attached hydrogens (tertiary/aromatic N) is 5. The first-order chi connectivity index (χ1) is 27.2. The van der Waals surface area contributed by atoms with Crippen molar-refractivity contribution in [1.82, 2.24) is 13.7 Å². The lowest BCUT2D eigenvalue weighted by atomic mass is 10.0. The summed E-state index contributed by atoms with van der Waals surface area (Å²) in [4.78, 5) is 0. The maximum atomic E-state index is 10.2. The molecule has 0 fully saturated rings. The molecule has 3 heterocycles. The van der Waals surface area contributed by atoms with Gasteiger partial charge in [0.05, 0.1) is 62.1 Å². The number of nitriles is 2. The number of aromatic nitrogens is 3. The molecule has 55 heavy (non-hydrogen) atoms. The minimum Gasteiger partial charge on any atom is -0.309 e. The molecule has 0 aliphatic carbocycles. The fraction of sp³-hybridized carbons (Fsp3) is 0. The topological polar surface area (TPSA) is 62.4 Å². The van der Waals surface area contributed by atoms with Gasteiger partial charge in [-0.25, -0.2) is 0 Å². The van der Waals surface area contributed by atoms with Gasteiger partial charge in [-0.05, 0) is 96.1 Å². The minimum absolute atomic E-state index is 0.603. The summed E-state index contributed by atoms with van der Waals surface area (Å²) >= 11 is 0. The van der Waals surface area contributed by atoms with Crippen LogP contribution in [0.5, 0.6) is 0 Å². The van der Waals surface area contributed by atoms with Crippen molar-refractivity contribution in [2.45, 2.75) is 0 Å². The maximum Gasteiger partial charge on any atom is 0.0992 e. The summed E-state index contributed by atoms with van der Waals surface area (Å²) in [6, 6.07) is 65.9. The van der Waals surface area contributed by atoms with E-state index >= 15 is 0 Å². The van der Waals surface area contributed by atoms with Crippen LogP contribution in [0.15, 0.2) is 176 Å². The van der Waals surface area contributed by atoms with Gasteiger partial charge in [-0.3, -0.25) is 0 Å². The summed E-state index contributed by atoms with van der Waals surface area (Å²) < 4.78 is 6.91. The third kappa shape index (κ3) is 4.51. The lowest BCUT2D eigenvalue weighted by Gasteiger charge is -2.13. The summed E-state index contributed by atoms with van der Waals surface area (Å²) in [6.45, 7) is 0. The van der Waals surface area contributed by atoms with Crippen LogP contribution in [-0.4, -0.2) is 13.7 Å². The summed E-state index contributed by atoms with van der Waals surface area (Å²) in [5.41, 5.74) is 12.8. The highest BCUT2D eigenvalue weighted by atomic mass is 15.0. The lowest BCUT2D eigenvalue weighted by molar-refractivity contribution is 1.17. The van der Waals surface area contributed by atoms with Gasteiger partial charge in [0, 0.05) is 43.7 Å². The molecule has 0 saturated carbocycles. The molecule has 0 unspecified atom stereocenters. The summed E-state index contributed by atoms with van der Waals surface area (Å²) in [6.07, 6.45) is 0. The van der Waals surface area contributed by atoms with E-state index in [1.165, 1.54) is 21.5 Å². The van der Waals surface area contributed by atoms with Crippen LogP contribution >= 0.6 is 0 Å². The molecule has 0 aliphatic rings. The van der Waals surface area contributed by atoms with Crippen molar-refractivity contribution in [3.05, 3.63) is 187 Å². The van der Waals surface area contributed by atoms with Crippen molar-refractivity contribution in [2.75, 3.05) is 0 Å². The van der Waals surface area contributed by atoms with E-state index in [4.69, 9.17) is 0 Å². The Balaban J connectivity index is 1.10. The first kappa shape index (κ1) is 30.7. The van der Waals surface area contributed by atoms with E-state index < -0.39 is 0 Å². The van der Waals surface area contributed by atoms with Crippen molar-refractivity contribution in [2.24, 2.45) is 0 Å². The monoisotopic (exact) mass is 699 g/mol. The number of fused-ring (bicyclic) bond motifs is 9. The molecule has 8 aromatic carbocycles. The van der Waals surface area contributed by atoms with Gasteiger partial charge in [0.1, 0.15) is 0 Å². The van der Waals surface area contributed by atoms with E-state index in [0.717, 1.165) is 72.1 Å². The van der Waals surface area contributed by atoms with Gasteiger partial charge in [0.2, 0.25) is 0 Å². The Morgan fingerprint density at radius 3 is 1.42 bits per heavy atom. The van der Waals surface area contributed by atoms with Gasteiger partial charge in [-0.15, -0.1) is 0 Å². The SMILES string of the molecule is N#Cc1cc(-c2ccc(-n3c4ccc(C#N)cc4c4c(-n5c6ccccc6c6ccccc65)cccc43)cc2)cc(-n2c3ccccc3c3ccccc32)c1. The Hall–Kier alpha value is -7.86. The third-order valence-corrected chi connectivity index (χ3v) is 11.1. The zero-order chi connectivity index (χ0) is 36.6. The van der Waals surface area contributed by atoms with E-state index in [2.05, 4.69) is 177 Å². The Labute approximate surface area is 316 Å². The van der Waals surface area contributed by atoms with E-state index in [1.807, 2.05) is 24.3 Å². The van der Waals surface area contributed by atoms with Crippen LogP contribution in [0, 0.1) is 22.7 Å². The van der Waals surface area contributed by atoms with Gasteiger partial charge in [-0.2, -0.15) is 10.5 Å². The lowest BCUT2D eigenvalue weighted by Crippen LogP contribution is -1.97. The Kier molecular flexibility index (Phi) is 6.61. The smallest absolute Gasteiger partial charge is 0.0992 e. The van der Waals surface area contributed by atoms with Crippen molar-refractivity contribution in [1.29, 1.82) is 10.5 Å². The predicted octanol–water partition coefficient (Wildman–Crippen LogP) is 12.4. The highest BCUT2D eigenvalue weighted by Crippen LogP contribution is 2.41. The van der Waals surface area contributed by atoms with E-state index in [-0.39, 0.29) is 0 Å². The van der Waals surface area contributed by atoms with E-state index in [1.54, 1.807) is 0 Å². The highest BCUT2D eigenvalue weighted by Gasteiger charge is 2.20. The molecular weight excluding hydrogens is 671 g/mol. The average molecular weight is 700 g/mol. The van der Waals surface area contributed by atoms with Crippen LogP contribution in [0.3, 0.4) is 0 Å². The molecule has 0 bridgehead atoms. The predicted molar refractivity (Wildman–Crippen MR) is 224 cm³/mol. The average Bonchev–Trinajstić information content (AvgIpc) is 3.89. The van der Waals surface area contributed by atoms with Crippen LogP contribution in [-0.2, 0) is 0 Å². The zero-order valence-electron chi connectivity index (χ0n) is 29.5. The molecule has 0 atom stereocenters. The van der Waals surface area contributed by atoms with Gasteiger partial charge in [-0.1, -0.05) is 91.0 Å². The second-order valence-electron chi connectivity index (χ2n) is 14.0. The maximum absolute atomic E-state index is 10.2. The number of benzene rings is 8. The number of hydrogen-bond donors (Lipinski definition) is 0. The van der Waals surface area contributed by atoms with Crippen molar-refractivity contribution in [3.8, 4) is 40.3 Å². The fourth-order valence-corrected chi connectivity index (χ4v) is 8.74. The molecule has 0 aliphatic heterocycles. The second kappa shape index (κ2) is 11.8. The molecule has 0 saturated heterocycles. The molecule has 11 rings (SSSR count).